The fourth-order valence-electron chi connectivity index (χ4n) is 2.02. The molecule has 0 saturated carbocycles. The number of hydrogen-bond acceptors (Lipinski definition) is 2. The van der Waals surface area contributed by atoms with Crippen LogP contribution in [0.15, 0.2) is 12.2 Å². The largest absolute Gasteiger partial charge is 0.381 e. The van der Waals surface area contributed by atoms with Crippen LogP contribution in [0.3, 0.4) is 0 Å². The Balaban J connectivity index is 1.73. The van der Waals surface area contributed by atoms with Gasteiger partial charge in [-0.05, 0) is 25.2 Å². The molecule has 0 amide bonds. The summed E-state index contributed by atoms with van der Waals surface area (Å²) in [6.07, 6.45) is 8.34. The Morgan fingerprint density at radius 1 is 1.33 bits per heavy atom. The highest BCUT2D eigenvalue weighted by atomic mass is 16.5. The van der Waals surface area contributed by atoms with Crippen molar-refractivity contribution in [2.24, 2.45) is 5.92 Å². The molecule has 2 rings (SSSR count). The molecule has 0 radical (unpaired) electrons. The second-order valence-corrected chi connectivity index (χ2v) is 3.73. The third kappa shape index (κ3) is 2.08. The molecule has 1 unspecified atom stereocenters. The highest BCUT2D eigenvalue weighted by Crippen LogP contribution is 2.21. The highest BCUT2D eigenvalue weighted by Gasteiger charge is 2.18. The van der Waals surface area contributed by atoms with Crippen molar-refractivity contribution in [2.45, 2.75) is 25.3 Å². The van der Waals surface area contributed by atoms with E-state index in [-0.39, 0.29) is 0 Å². The van der Waals surface area contributed by atoms with Crippen molar-refractivity contribution in [3.8, 4) is 0 Å². The lowest BCUT2D eigenvalue weighted by Gasteiger charge is -2.24. The summed E-state index contributed by atoms with van der Waals surface area (Å²) in [4.78, 5) is 0. The monoisotopic (exact) mass is 167 g/mol. The van der Waals surface area contributed by atoms with Crippen molar-refractivity contribution >= 4 is 0 Å². The maximum Gasteiger partial charge on any atom is 0.0468 e. The Hall–Kier alpha value is -0.340. The van der Waals surface area contributed by atoms with Gasteiger partial charge < -0.3 is 10.1 Å². The van der Waals surface area contributed by atoms with Crippen LogP contribution in [0.2, 0.25) is 0 Å². The maximum absolute atomic E-state index is 5.33. The lowest BCUT2D eigenvalue weighted by molar-refractivity contribution is 0.0624. The van der Waals surface area contributed by atoms with Crippen LogP contribution in [0.5, 0.6) is 0 Å². The molecular weight excluding hydrogens is 150 g/mol. The summed E-state index contributed by atoms with van der Waals surface area (Å²) in [6.45, 7) is 3.01. The van der Waals surface area contributed by atoms with Gasteiger partial charge in [-0.1, -0.05) is 12.2 Å². The summed E-state index contributed by atoms with van der Waals surface area (Å²) in [5.74, 6) is 0.888. The van der Waals surface area contributed by atoms with Gasteiger partial charge in [-0.25, -0.2) is 0 Å². The van der Waals surface area contributed by atoms with Gasteiger partial charge in [0.15, 0.2) is 0 Å². The van der Waals surface area contributed by atoms with Gasteiger partial charge >= 0.3 is 0 Å². The van der Waals surface area contributed by atoms with E-state index < -0.39 is 0 Å². The van der Waals surface area contributed by atoms with Gasteiger partial charge in [0.05, 0.1) is 0 Å². The van der Waals surface area contributed by atoms with Gasteiger partial charge in [-0.15, -0.1) is 0 Å². The first-order chi connectivity index (χ1) is 5.95. The minimum Gasteiger partial charge on any atom is -0.381 e. The van der Waals surface area contributed by atoms with E-state index in [2.05, 4.69) is 17.5 Å². The van der Waals surface area contributed by atoms with Crippen LogP contribution in [-0.2, 0) is 4.74 Å². The zero-order valence-corrected chi connectivity index (χ0v) is 7.46. The predicted molar refractivity (Wildman–Crippen MR) is 49.1 cm³/mol. The van der Waals surface area contributed by atoms with Gasteiger partial charge in [0, 0.05) is 25.8 Å². The Kier molecular flexibility index (Phi) is 2.79. The first-order valence-corrected chi connectivity index (χ1v) is 4.93. The summed E-state index contributed by atoms with van der Waals surface area (Å²) in [6, 6.07) is 0.646. The zero-order chi connectivity index (χ0) is 8.23. The molecule has 2 aliphatic heterocycles. The second kappa shape index (κ2) is 4.06. The Morgan fingerprint density at radius 2 is 2.17 bits per heavy atom. The van der Waals surface area contributed by atoms with Gasteiger partial charge in [0.2, 0.25) is 0 Å². The van der Waals surface area contributed by atoms with Gasteiger partial charge in [-0.2, -0.15) is 0 Å². The van der Waals surface area contributed by atoms with Crippen molar-refractivity contribution in [3.63, 3.8) is 0 Å². The predicted octanol–water partition coefficient (Wildman–Crippen LogP) is 1.33. The second-order valence-electron chi connectivity index (χ2n) is 3.73. The van der Waals surface area contributed by atoms with E-state index in [4.69, 9.17) is 4.74 Å². The SMILES string of the molecule is C1=CC(CC2CCOCC2)NC1. The molecule has 1 atom stereocenters. The van der Waals surface area contributed by atoms with E-state index in [1.165, 1.54) is 19.3 Å². The third-order valence-corrected chi connectivity index (χ3v) is 2.79. The van der Waals surface area contributed by atoms with Crippen molar-refractivity contribution in [3.05, 3.63) is 12.2 Å². The first kappa shape index (κ1) is 8.27. The summed E-state index contributed by atoms with van der Waals surface area (Å²) in [7, 11) is 0. The van der Waals surface area contributed by atoms with E-state index in [0.29, 0.717) is 6.04 Å². The zero-order valence-electron chi connectivity index (χ0n) is 7.46. The molecule has 12 heavy (non-hydrogen) atoms. The van der Waals surface area contributed by atoms with E-state index >= 15 is 0 Å². The van der Waals surface area contributed by atoms with Crippen molar-refractivity contribution in [1.29, 1.82) is 0 Å². The van der Waals surface area contributed by atoms with Crippen molar-refractivity contribution in [2.75, 3.05) is 19.8 Å². The fraction of sp³-hybridized carbons (Fsp3) is 0.800. The molecule has 1 fully saturated rings. The van der Waals surface area contributed by atoms with Gasteiger partial charge in [0.1, 0.15) is 0 Å². The average molecular weight is 167 g/mol. The summed E-state index contributed by atoms with van der Waals surface area (Å²) in [5, 5.41) is 3.45. The molecule has 1 saturated heterocycles. The molecule has 2 heterocycles. The Labute approximate surface area is 74.0 Å². The van der Waals surface area contributed by atoms with E-state index in [1.807, 2.05) is 0 Å². The minimum atomic E-state index is 0.646. The quantitative estimate of drug-likeness (QED) is 0.626. The Morgan fingerprint density at radius 3 is 2.83 bits per heavy atom. The smallest absolute Gasteiger partial charge is 0.0468 e. The van der Waals surface area contributed by atoms with Crippen molar-refractivity contribution in [1.82, 2.24) is 5.32 Å². The topological polar surface area (TPSA) is 21.3 Å². The van der Waals surface area contributed by atoms with E-state index in [9.17, 15) is 0 Å². The highest BCUT2D eigenvalue weighted by molar-refractivity contribution is 5.02. The maximum atomic E-state index is 5.33. The average Bonchev–Trinajstić information content (AvgIpc) is 2.59. The minimum absolute atomic E-state index is 0.646. The molecular formula is C10H17NO. The van der Waals surface area contributed by atoms with E-state index in [0.717, 1.165) is 25.7 Å². The number of rotatable bonds is 2. The van der Waals surface area contributed by atoms with Crippen LogP contribution in [0, 0.1) is 5.92 Å². The molecule has 2 aliphatic rings. The van der Waals surface area contributed by atoms with Gasteiger partial charge in [-0.3, -0.25) is 0 Å². The number of ether oxygens (including phenoxy) is 1. The molecule has 2 heteroatoms. The van der Waals surface area contributed by atoms with Crippen LogP contribution >= 0.6 is 0 Å². The lowest BCUT2D eigenvalue weighted by Crippen LogP contribution is -2.27. The fourth-order valence-corrected chi connectivity index (χ4v) is 2.02. The van der Waals surface area contributed by atoms with E-state index in [1.54, 1.807) is 0 Å². The lowest BCUT2D eigenvalue weighted by atomic mass is 9.93. The van der Waals surface area contributed by atoms with Crippen LogP contribution < -0.4 is 5.32 Å². The molecule has 0 aromatic heterocycles. The molecule has 0 bridgehead atoms. The molecule has 0 aliphatic carbocycles. The van der Waals surface area contributed by atoms with Crippen molar-refractivity contribution < 1.29 is 4.74 Å². The molecule has 68 valence electrons. The normalized spacial score (nSPS) is 31.2. The first-order valence-electron chi connectivity index (χ1n) is 4.93. The molecule has 0 aromatic carbocycles. The summed E-state index contributed by atoms with van der Waals surface area (Å²) >= 11 is 0. The molecule has 0 spiro atoms. The molecule has 2 nitrogen and oxygen atoms in total. The number of nitrogens with one attached hydrogen (secondary N) is 1. The standard InChI is InChI=1S/C10H17NO/c1-2-10(11-5-1)8-9-3-6-12-7-4-9/h1-2,9-11H,3-8H2. The summed E-state index contributed by atoms with van der Waals surface area (Å²) in [5.41, 5.74) is 0. The molecule has 1 N–H and O–H groups in total. The van der Waals surface area contributed by atoms with Gasteiger partial charge in [0.25, 0.3) is 0 Å². The van der Waals surface area contributed by atoms with Crippen LogP contribution in [0.1, 0.15) is 19.3 Å². The van der Waals surface area contributed by atoms with Crippen LogP contribution in [0.4, 0.5) is 0 Å². The third-order valence-electron chi connectivity index (χ3n) is 2.79. The molecule has 0 aromatic rings. The Bertz CT molecular complexity index is 161. The van der Waals surface area contributed by atoms with Crippen LogP contribution in [-0.4, -0.2) is 25.8 Å². The summed E-state index contributed by atoms with van der Waals surface area (Å²) < 4.78 is 5.33. The van der Waals surface area contributed by atoms with Crippen LogP contribution in [0.25, 0.3) is 0 Å². The number of hydrogen-bond donors (Lipinski definition) is 1.